The summed E-state index contributed by atoms with van der Waals surface area (Å²) in [6.07, 6.45) is -0.366. The highest BCUT2D eigenvalue weighted by Crippen LogP contribution is 2.38. The van der Waals surface area contributed by atoms with Crippen LogP contribution in [0, 0.1) is 0 Å². The van der Waals surface area contributed by atoms with Crippen LogP contribution in [-0.2, 0) is 22.7 Å². The lowest BCUT2D eigenvalue weighted by molar-refractivity contribution is -0.143. The molecule has 0 spiro atoms. The van der Waals surface area contributed by atoms with Gasteiger partial charge in [0.2, 0.25) is 11.7 Å². The normalized spacial score (nSPS) is 11.4. The van der Waals surface area contributed by atoms with Crippen molar-refractivity contribution in [2.75, 3.05) is 21.3 Å². The first-order valence-corrected chi connectivity index (χ1v) is 12.1. The predicted octanol–water partition coefficient (Wildman–Crippen LogP) is 3.23. The van der Waals surface area contributed by atoms with Gasteiger partial charge in [-0.15, -0.1) is 0 Å². The minimum absolute atomic E-state index is 0.0595. The minimum atomic E-state index is -1.32. The molecule has 2 amide bonds. The van der Waals surface area contributed by atoms with E-state index in [9.17, 15) is 24.6 Å². The topological polar surface area (TPSA) is 149 Å². The van der Waals surface area contributed by atoms with Crippen molar-refractivity contribution in [1.29, 1.82) is 0 Å². The Labute approximate surface area is 226 Å². The fourth-order valence-electron chi connectivity index (χ4n) is 4.21. The highest BCUT2D eigenvalue weighted by atomic mass is 16.5. The van der Waals surface area contributed by atoms with Crippen LogP contribution in [0.15, 0.2) is 60.7 Å². The van der Waals surface area contributed by atoms with Gasteiger partial charge in [-0.05, 0) is 52.9 Å². The van der Waals surface area contributed by atoms with Crippen LogP contribution >= 0.6 is 0 Å². The maximum absolute atomic E-state index is 13.7. The van der Waals surface area contributed by atoms with E-state index in [4.69, 9.17) is 19.9 Å². The van der Waals surface area contributed by atoms with E-state index in [1.54, 1.807) is 36.4 Å². The van der Waals surface area contributed by atoms with E-state index in [0.717, 1.165) is 16.7 Å². The number of hydrogen-bond acceptors (Lipinski definition) is 7. The number of nitrogens with two attached hydrogens (primary N) is 1. The lowest BCUT2D eigenvalue weighted by atomic mass is 10.0. The third kappa shape index (κ3) is 7.05. The number of methoxy groups -OCH3 is 3. The van der Waals surface area contributed by atoms with Gasteiger partial charge in [0.05, 0.1) is 27.9 Å². The molecule has 0 aliphatic carbocycles. The van der Waals surface area contributed by atoms with Crippen LogP contribution in [0.3, 0.4) is 0 Å². The highest BCUT2D eigenvalue weighted by Gasteiger charge is 2.31. The number of amides is 2. The van der Waals surface area contributed by atoms with Crippen LogP contribution in [0.2, 0.25) is 0 Å². The third-order valence-corrected chi connectivity index (χ3v) is 6.27. The Morgan fingerprint density at radius 3 is 1.82 bits per heavy atom. The van der Waals surface area contributed by atoms with Crippen LogP contribution in [0.1, 0.15) is 34.3 Å². The maximum Gasteiger partial charge on any atom is 0.326 e. The molecule has 0 aliphatic heterocycles. The summed E-state index contributed by atoms with van der Waals surface area (Å²) >= 11 is 0. The van der Waals surface area contributed by atoms with Gasteiger partial charge in [-0.3, -0.25) is 9.59 Å². The number of hydrogen-bond donors (Lipinski definition) is 3. The molecule has 10 heteroatoms. The second-order valence-electron chi connectivity index (χ2n) is 8.76. The summed E-state index contributed by atoms with van der Waals surface area (Å²) < 4.78 is 16.2. The number of aliphatic hydroxyl groups excluding tert-OH is 1. The molecule has 0 bridgehead atoms. The summed E-state index contributed by atoms with van der Waals surface area (Å²) in [4.78, 5) is 38.7. The summed E-state index contributed by atoms with van der Waals surface area (Å²) in [6, 6.07) is 16.0. The second kappa shape index (κ2) is 13.3. The highest BCUT2D eigenvalue weighted by molar-refractivity contribution is 5.97. The van der Waals surface area contributed by atoms with Crippen LogP contribution in [-0.4, -0.2) is 60.3 Å². The molecule has 3 aromatic rings. The zero-order valence-electron chi connectivity index (χ0n) is 22.0. The molecule has 0 unspecified atom stereocenters. The fraction of sp³-hybridized carbons (Fsp3) is 0.276. The van der Waals surface area contributed by atoms with Gasteiger partial charge in [-0.2, -0.15) is 0 Å². The van der Waals surface area contributed by atoms with Crippen LogP contribution in [0.25, 0.3) is 11.1 Å². The molecule has 0 saturated carbocycles. The molecule has 39 heavy (non-hydrogen) atoms. The number of carboxylic acids is 1. The van der Waals surface area contributed by atoms with Gasteiger partial charge < -0.3 is 35.1 Å². The van der Waals surface area contributed by atoms with Gasteiger partial charge in [0.15, 0.2) is 11.5 Å². The Morgan fingerprint density at radius 2 is 1.38 bits per heavy atom. The molecule has 3 rings (SSSR count). The van der Waals surface area contributed by atoms with E-state index in [2.05, 4.69) is 0 Å². The summed E-state index contributed by atoms with van der Waals surface area (Å²) in [7, 11) is 4.37. The summed E-state index contributed by atoms with van der Waals surface area (Å²) in [5, 5.41) is 19.3. The molecule has 0 fully saturated rings. The zero-order chi connectivity index (χ0) is 28.5. The molecular weight excluding hydrogens is 504 g/mol. The van der Waals surface area contributed by atoms with Gasteiger partial charge in [-0.1, -0.05) is 36.4 Å². The fourth-order valence-corrected chi connectivity index (χ4v) is 4.21. The van der Waals surface area contributed by atoms with Crippen molar-refractivity contribution < 1.29 is 38.8 Å². The Hall–Kier alpha value is -4.57. The Kier molecular flexibility index (Phi) is 9.88. The average Bonchev–Trinajstić information content (AvgIpc) is 2.95. The second-order valence-corrected chi connectivity index (χ2v) is 8.76. The van der Waals surface area contributed by atoms with Crippen LogP contribution in [0.5, 0.6) is 17.2 Å². The van der Waals surface area contributed by atoms with Crippen molar-refractivity contribution in [3.05, 3.63) is 77.4 Å². The number of ether oxygens (including phenoxy) is 3. The standard InChI is InChI=1S/C29H32N2O8/c1-37-24-14-19(15-25(38-2)27(24)39-3)16-31(23(29(35)36)12-13-26(30)33)28(34)22-10-8-21(9-11-22)20-6-4-18(17-32)5-7-20/h4-11,14-15,23,32H,12-13,16-17H2,1-3H3,(H2,30,33)(H,35,36)/t23-/m0/s1. The molecular formula is C29H32N2O8. The average molecular weight is 537 g/mol. The first-order chi connectivity index (χ1) is 18.7. The summed E-state index contributed by atoms with van der Waals surface area (Å²) in [5.41, 5.74) is 8.60. The van der Waals surface area contributed by atoms with E-state index in [-0.39, 0.29) is 31.6 Å². The Bertz CT molecular complexity index is 1280. The van der Waals surface area contributed by atoms with Gasteiger partial charge in [0, 0.05) is 18.5 Å². The van der Waals surface area contributed by atoms with Gasteiger partial charge >= 0.3 is 5.97 Å². The molecule has 0 aromatic heterocycles. The number of nitrogens with zero attached hydrogens (tertiary/aromatic N) is 1. The van der Waals surface area contributed by atoms with Crippen molar-refractivity contribution in [3.8, 4) is 28.4 Å². The molecule has 4 N–H and O–H groups in total. The predicted molar refractivity (Wildman–Crippen MR) is 144 cm³/mol. The van der Waals surface area contributed by atoms with Crippen LogP contribution in [0.4, 0.5) is 0 Å². The molecule has 0 saturated heterocycles. The molecule has 0 aliphatic rings. The molecule has 3 aromatic carbocycles. The number of carbonyl (C=O) groups is 3. The Morgan fingerprint density at radius 1 is 0.846 bits per heavy atom. The lowest BCUT2D eigenvalue weighted by Crippen LogP contribution is -2.45. The number of carbonyl (C=O) groups excluding carboxylic acids is 2. The largest absolute Gasteiger partial charge is 0.493 e. The molecule has 206 valence electrons. The number of rotatable bonds is 13. The van der Waals surface area contributed by atoms with Gasteiger partial charge in [-0.25, -0.2) is 4.79 Å². The summed E-state index contributed by atoms with van der Waals surface area (Å²) in [6.45, 7) is -0.175. The third-order valence-electron chi connectivity index (χ3n) is 6.27. The van der Waals surface area contributed by atoms with E-state index in [1.165, 1.54) is 26.2 Å². The van der Waals surface area contributed by atoms with Gasteiger partial charge in [0.1, 0.15) is 6.04 Å². The molecule has 1 atom stereocenters. The first kappa shape index (κ1) is 29.0. The monoisotopic (exact) mass is 536 g/mol. The smallest absolute Gasteiger partial charge is 0.326 e. The molecule has 10 nitrogen and oxygen atoms in total. The van der Waals surface area contributed by atoms with Crippen LogP contribution < -0.4 is 19.9 Å². The quantitative estimate of drug-likeness (QED) is 0.302. The van der Waals surface area contributed by atoms with Crippen molar-refractivity contribution >= 4 is 17.8 Å². The Balaban J connectivity index is 2.00. The molecule has 0 radical (unpaired) electrons. The number of carboxylic acid groups (broad SMARTS) is 1. The van der Waals surface area contributed by atoms with Crippen molar-refractivity contribution in [3.63, 3.8) is 0 Å². The van der Waals surface area contributed by atoms with Crippen molar-refractivity contribution in [2.24, 2.45) is 5.73 Å². The maximum atomic E-state index is 13.7. The SMILES string of the molecule is COc1cc(CN(C(=O)c2ccc(-c3ccc(CO)cc3)cc2)[C@@H](CCC(N)=O)C(=O)O)cc(OC)c1OC. The lowest BCUT2D eigenvalue weighted by Gasteiger charge is -2.29. The number of aliphatic hydroxyl groups is 1. The first-order valence-electron chi connectivity index (χ1n) is 12.1. The number of aliphatic carboxylic acids is 1. The number of primary amides is 1. The van der Waals surface area contributed by atoms with E-state index in [0.29, 0.717) is 22.8 Å². The zero-order valence-corrected chi connectivity index (χ0v) is 22.0. The van der Waals surface area contributed by atoms with E-state index < -0.39 is 23.8 Å². The number of benzene rings is 3. The van der Waals surface area contributed by atoms with Crippen molar-refractivity contribution in [2.45, 2.75) is 32.0 Å². The summed E-state index contributed by atoms with van der Waals surface area (Å²) in [5.74, 6) is -1.43. The van der Waals surface area contributed by atoms with E-state index >= 15 is 0 Å². The van der Waals surface area contributed by atoms with Crippen molar-refractivity contribution in [1.82, 2.24) is 4.90 Å². The van der Waals surface area contributed by atoms with Gasteiger partial charge in [0.25, 0.3) is 5.91 Å². The van der Waals surface area contributed by atoms with E-state index in [1.807, 2.05) is 24.3 Å². The minimum Gasteiger partial charge on any atom is -0.493 e. The molecule has 0 heterocycles.